The van der Waals surface area contributed by atoms with Crippen LogP contribution in [0.5, 0.6) is 0 Å². The second kappa shape index (κ2) is 2.51. The minimum Gasteiger partial charge on any atom is -0.550 e. The summed E-state index contributed by atoms with van der Waals surface area (Å²) in [6, 6.07) is 0. The highest BCUT2D eigenvalue weighted by molar-refractivity contribution is 5.67. The molecule has 1 aromatic rings. The smallest absolute Gasteiger partial charge is 0.0945 e. The number of hydrogen-bond donors (Lipinski definition) is 0. The molecule has 4 heteroatoms. The van der Waals surface area contributed by atoms with Gasteiger partial charge in [-0.2, -0.15) is 0 Å². The molecule has 0 spiro atoms. The maximum absolute atomic E-state index is 10.1. The van der Waals surface area contributed by atoms with Gasteiger partial charge < -0.3 is 14.5 Å². The largest absolute Gasteiger partial charge is 0.550 e. The first-order valence-electron chi connectivity index (χ1n) is 2.85. The minimum absolute atomic E-state index is 0.0729. The quantitative estimate of drug-likeness (QED) is 0.512. The van der Waals surface area contributed by atoms with Crippen molar-refractivity contribution in [1.82, 2.24) is 9.55 Å². The van der Waals surface area contributed by atoms with Crippen LogP contribution in [-0.2, 0) is 18.3 Å². The summed E-state index contributed by atoms with van der Waals surface area (Å²) in [5, 5.41) is 10.1. The van der Waals surface area contributed by atoms with E-state index in [1.165, 1.54) is 6.20 Å². The number of rotatable bonds is 2. The molecule has 1 aromatic heterocycles. The van der Waals surface area contributed by atoms with E-state index in [4.69, 9.17) is 0 Å². The first kappa shape index (κ1) is 6.80. The number of carboxylic acid groups (broad SMARTS) is 1. The minimum atomic E-state index is -1.08. The predicted octanol–water partition coefficient (Wildman–Crippen LogP) is -1.29. The summed E-state index contributed by atoms with van der Waals surface area (Å²) in [6.07, 6.45) is 2.99. The molecule has 4 nitrogen and oxygen atoms in total. The molecule has 0 saturated heterocycles. The Morgan fingerprint density at radius 3 is 3.00 bits per heavy atom. The van der Waals surface area contributed by atoms with Gasteiger partial charge in [-0.25, -0.2) is 4.98 Å². The maximum atomic E-state index is 10.1. The summed E-state index contributed by atoms with van der Waals surface area (Å²) >= 11 is 0. The van der Waals surface area contributed by atoms with Crippen LogP contribution >= 0.6 is 0 Å². The number of carbonyl (C=O) groups is 1. The molecule has 0 fully saturated rings. The number of aliphatic carboxylic acids is 1. The van der Waals surface area contributed by atoms with Crippen LogP contribution in [0, 0.1) is 0 Å². The molecule has 0 unspecified atom stereocenters. The topological polar surface area (TPSA) is 58.0 Å². The average Bonchev–Trinajstić information content (AvgIpc) is 2.15. The molecule has 0 N–H and O–H groups in total. The van der Waals surface area contributed by atoms with E-state index in [-0.39, 0.29) is 6.42 Å². The second-order valence-corrected chi connectivity index (χ2v) is 2.04. The van der Waals surface area contributed by atoms with Gasteiger partial charge in [0.25, 0.3) is 0 Å². The molecule has 54 valence electrons. The molecular formula is C6H7N2O2-. The van der Waals surface area contributed by atoms with E-state index in [1.54, 1.807) is 17.9 Å². The van der Waals surface area contributed by atoms with Crippen molar-refractivity contribution in [1.29, 1.82) is 0 Å². The Morgan fingerprint density at radius 2 is 2.60 bits per heavy atom. The normalized spacial score (nSPS) is 9.70. The Morgan fingerprint density at radius 1 is 1.90 bits per heavy atom. The molecule has 0 aliphatic heterocycles. The highest BCUT2D eigenvalue weighted by atomic mass is 16.4. The van der Waals surface area contributed by atoms with Gasteiger partial charge in [-0.15, -0.1) is 0 Å². The monoisotopic (exact) mass is 139 g/mol. The van der Waals surface area contributed by atoms with Crippen LogP contribution < -0.4 is 5.11 Å². The summed E-state index contributed by atoms with van der Waals surface area (Å²) in [4.78, 5) is 13.8. The lowest BCUT2D eigenvalue weighted by atomic mass is 10.3. The zero-order valence-corrected chi connectivity index (χ0v) is 5.57. The van der Waals surface area contributed by atoms with Crippen LogP contribution in [0.25, 0.3) is 0 Å². The van der Waals surface area contributed by atoms with Crippen molar-refractivity contribution in [2.24, 2.45) is 7.05 Å². The summed E-state index contributed by atoms with van der Waals surface area (Å²) in [6.45, 7) is 0. The van der Waals surface area contributed by atoms with Crippen LogP contribution in [0.15, 0.2) is 12.5 Å². The van der Waals surface area contributed by atoms with Crippen LogP contribution in [0.4, 0.5) is 0 Å². The van der Waals surface area contributed by atoms with Crippen LogP contribution in [0.1, 0.15) is 5.69 Å². The van der Waals surface area contributed by atoms with Gasteiger partial charge in [0.15, 0.2) is 0 Å². The zero-order chi connectivity index (χ0) is 7.56. The molecule has 0 radical (unpaired) electrons. The van der Waals surface area contributed by atoms with E-state index in [0.717, 1.165) is 0 Å². The fraction of sp³-hybridized carbons (Fsp3) is 0.333. The Hall–Kier alpha value is -1.32. The van der Waals surface area contributed by atoms with Gasteiger partial charge in [-0.05, 0) is 0 Å². The third-order valence-corrected chi connectivity index (χ3v) is 1.24. The maximum Gasteiger partial charge on any atom is 0.0945 e. The predicted molar refractivity (Wildman–Crippen MR) is 31.9 cm³/mol. The van der Waals surface area contributed by atoms with Gasteiger partial charge in [0.1, 0.15) is 0 Å². The molecule has 0 bridgehead atoms. The van der Waals surface area contributed by atoms with E-state index in [1.807, 2.05) is 0 Å². The highest BCUT2D eigenvalue weighted by Crippen LogP contribution is 1.95. The Labute approximate surface area is 58.1 Å². The number of imidazole rings is 1. The SMILES string of the molecule is Cn1cncc1CC(=O)[O-]. The molecule has 0 amide bonds. The zero-order valence-electron chi connectivity index (χ0n) is 5.57. The van der Waals surface area contributed by atoms with E-state index in [9.17, 15) is 9.90 Å². The summed E-state index contributed by atoms with van der Waals surface area (Å²) in [7, 11) is 1.74. The van der Waals surface area contributed by atoms with E-state index in [2.05, 4.69) is 4.98 Å². The number of aryl methyl sites for hydroxylation is 1. The van der Waals surface area contributed by atoms with Crippen molar-refractivity contribution in [3.05, 3.63) is 18.2 Å². The Kier molecular flexibility index (Phi) is 1.71. The van der Waals surface area contributed by atoms with Crippen molar-refractivity contribution in [3.8, 4) is 0 Å². The van der Waals surface area contributed by atoms with Gasteiger partial charge in [0.2, 0.25) is 0 Å². The first-order chi connectivity index (χ1) is 4.70. The third-order valence-electron chi connectivity index (χ3n) is 1.24. The molecule has 0 saturated carbocycles. The molecule has 1 heterocycles. The average molecular weight is 139 g/mol. The molecule has 0 atom stereocenters. The van der Waals surface area contributed by atoms with Gasteiger partial charge >= 0.3 is 0 Å². The van der Waals surface area contributed by atoms with Crippen LogP contribution in [-0.4, -0.2) is 15.5 Å². The van der Waals surface area contributed by atoms with Gasteiger partial charge in [-0.3, -0.25) is 0 Å². The highest BCUT2D eigenvalue weighted by Gasteiger charge is 1.96. The molecule has 0 aliphatic carbocycles. The number of hydrogen-bond acceptors (Lipinski definition) is 3. The Balaban J connectivity index is 2.74. The van der Waals surface area contributed by atoms with Crippen LogP contribution in [0.3, 0.4) is 0 Å². The fourth-order valence-electron chi connectivity index (χ4n) is 0.703. The number of carboxylic acids is 1. The lowest BCUT2D eigenvalue weighted by molar-refractivity contribution is -0.304. The molecule has 0 aliphatic rings. The van der Waals surface area contributed by atoms with Gasteiger partial charge in [0.05, 0.1) is 6.33 Å². The molecule has 10 heavy (non-hydrogen) atoms. The standard InChI is InChI=1S/C6H8N2O2/c1-8-4-7-3-5(8)2-6(9)10/h3-4H,2H2,1H3,(H,9,10)/p-1. The van der Waals surface area contributed by atoms with E-state index < -0.39 is 5.97 Å². The number of carbonyl (C=O) groups excluding carboxylic acids is 1. The van der Waals surface area contributed by atoms with Crippen LogP contribution in [0.2, 0.25) is 0 Å². The molecule has 1 rings (SSSR count). The van der Waals surface area contributed by atoms with E-state index in [0.29, 0.717) is 5.69 Å². The van der Waals surface area contributed by atoms with E-state index >= 15 is 0 Å². The van der Waals surface area contributed by atoms with Crippen molar-refractivity contribution < 1.29 is 9.90 Å². The fourth-order valence-corrected chi connectivity index (χ4v) is 0.703. The van der Waals surface area contributed by atoms with Gasteiger partial charge in [0, 0.05) is 31.3 Å². The van der Waals surface area contributed by atoms with Crippen molar-refractivity contribution in [2.45, 2.75) is 6.42 Å². The second-order valence-electron chi connectivity index (χ2n) is 2.04. The summed E-state index contributed by atoms with van der Waals surface area (Å²) < 4.78 is 1.65. The van der Waals surface area contributed by atoms with Crippen molar-refractivity contribution >= 4 is 5.97 Å². The van der Waals surface area contributed by atoms with Crippen molar-refractivity contribution in [2.75, 3.05) is 0 Å². The van der Waals surface area contributed by atoms with Crippen molar-refractivity contribution in [3.63, 3.8) is 0 Å². The van der Waals surface area contributed by atoms with Gasteiger partial charge in [-0.1, -0.05) is 0 Å². The molecule has 0 aromatic carbocycles. The number of aromatic nitrogens is 2. The lowest BCUT2D eigenvalue weighted by Gasteiger charge is -2.00. The lowest BCUT2D eigenvalue weighted by Crippen LogP contribution is -2.25. The molecular weight excluding hydrogens is 132 g/mol. The third kappa shape index (κ3) is 1.34. The first-order valence-corrected chi connectivity index (χ1v) is 2.85. The number of nitrogens with zero attached hydrogens (tertiary/aromatic N) is 2. The summed E-state index contributed by atoms with van der Waals surface area (Å²) in [5.41, 5.74) is 0.653. The Bertz CT molecular complexity index is 242. The summed E-state index contributed by atoms with van der Waals surface area (Å²) in [5.74, 6) is -1.08.